The van der Waals surface area contributed by atoms with Gasteiger partial charge >= 0.3 is 0 Å². The number of fused-ring (bicyclic) bond motifs is 1. The summed E-state index contributed by atoms with van der Waals surface area (Å²) in [5, 5.41) is 11.6. The van der Waals surface area contributed by atoms with Gasteiger partial charge in [0, 0.05) is 40.5 Å². The molecule has 1 N–H and O–H groups in total. The van der Waals surface area contributed by atoms with E-state index in [-0.39, 0.29) is 5.75 Å². The molecule has 0 aliphatic rings. The van der Waals surface area contributed by atoms with E-state index in [1.54, 1.807) is 37.8 Å². The van der Waals surface area contributed by atoms with Gasteiger partial charge in [0.25, 0.3) is 0 Å². The zero-order valence-corrected chi connectivity index (χ0v) is 10.4. The van der Waals surface area contributed by atoms with E-state index in [4.69, 9.17) is 4.74 Å². The maximum atomic E-state index is 10.1. The predicted molar refractivity (Wildman–Crippen MR) is 73.2 cm³/mol. The van der Waals surface area contributed by atoms with Gasteiger partial charge in [0.15, 0.2) is 0 Å². The van der Waals surface area contributed by atoms with Gasteiger partial charge in [0.05, 0.1) is 7.11 Å². The summed E-state index contributed by atoms with van der Waals surface area (Å²) in [4.78, 5) is 8.38. The van der Waals surface area contributed by atoms with Gasteiger partial charge in [-0.05, 0) is 18.2 Å². The van der Waals surface area contributed by atoms with E-state index in [0.717, 1.165) is 21.9 Å². The summed E-state index contributed by atoms with van der Waals surface area (Å²) in [6.45, 7) is 0. The van der Waals surface area contributed by atoms with Crippen molar-refractivity contribution in [3.63, 3.8) is 0 Å². The highest BCUT2D eigenvalue weighted by Gasteiger charge is 2.12. The zero-order chi connectivity index (χ0) is 13.2. The molecule has 4 heteroatoms. The molecule has 2 aromatic heterocycles. The molecule has 0 saturated heterocycles. The summed E-state index contributed by atoms with van der Waals surface area (Å²) < 4.78 is 5.24. The van der Waals surface area contributed by atoms with Crippen LogP contribution in [0.15, 0.2) is 48.9 Å². The number of methoxy groups -OCH3 is 1. The van der Waals surface area contributed by atoms with Crippen molar-refractivity contribution < 1.29 is 9.84 Å². The second kappa shape index (κ2) is 4.57. The Kier molecular flexibility index (Phi) is 2.76. The Morgan fingerprint density at radius 2 is 2.00 bits per heavy atom. The van der Waals surface area contributed by atoms with E-state index in [9.17, 15) is 5.11 Å². The maximum Gasteiger partial charge on any atom is 0.221 e. The molecule has 0 spiro atoms. The number of aromatic hydroxyl groups is 1. The Morgan fingerprint density at radius 3 is 2.74 bits per heavy atom. The third kappa shape index (κ3) is 1.87. The minimum Gasteiger partial charge on any atom is -0.507 e. The molecule has 4 nitrogen and oxygen atoms in total. The minimum atomic E-state index is 0.206. The summed E-state index contributed by atoms with van der Waals surface area (Å²) in [7, 11) is 1.57. The highest BCUT2D eigenvalue weighted by atomic mass is 16.5. The fourth-order valence-corrected chi connectivity index (χ4v) is 2.16. The van der Waals surface area contributed by atoms with Gasteiger partial charge in [0.1, 0.15) is 5.75 Å². The minimum absolute atomic E-state index is 0.206. The first kappa shape index (κ1) is 11.5. The first-order chi connectivity index (χ1) is 9.31. The molecule has 3 aromatic rings. The van der Waals surface area contributed by atoms with Gasteiger partial charge in [-0.15, -0.1) is 0 Å². The number of hydrogen-bond donors (Lipinski definition) is 1. The van der Waals surface area contributed by atoms with Crippen LogP contribution in [0.4, 0.5) is 0 Å². The van der Waals surface area contributed by atoms with Crippen molar-refractivity contribution in [2.24, 2.45) is 0 Å². The summed E-state index contributed by atoms with van der Waals surface area (Å²) in [5.74, 6) is 0.704. The van der Waals surface area contributed by atoms with Crippen molar-refractivity contribution in [3.8, 4) is 22.8 Å². The topological polar surface area (TPSA) is 55.2 Å². The molecular formula is C15H12N2O2. The molecule has 0 amide bonds. The van der Waals surface area contributed by atoms with Gasteiger partial charge in [-0.1, -0.05) is 12.1 Å². The number of pyridine rings is 2. The van der Waals surface area contributed by atoms with Crippen LogP contribution in [0.2, 0.25) is 0 Å². The lowest BCUT2D eigenvalue weighted by molar-refractivity contribution is 0.403. The van der Waals surface area contributed by atoms with E-state index in [1.807, 2.05) is 18.2 Å². The van der Waals surface area contributed by atoms with E-state index in [0.29, 0.717) is 5.88 Å². The summed E-state index contributed by atoms with van der Waals surface area (Å²) >= 11 is 0. The van der Waals surface area contributed by atoms with Gasteiger partial charge in [-0.2, -0.15) is 0 Å². The standard InChI is InChI=1S/C15H12N2O2/c1-19-15-11-5-2-6-13(18)14(11)12(9-17-15)10-4-3-7-16-8-10/h2-9,18H,1H3. The van der Waals surface area contributed by atoms with Crippen molar-refractivity contribution in [3.05, 3.63) is 48.9 Å². The van der Waals surface area contributed by atoms with Crippen LogP contribution in [0, 0.1) is 0 Å². The van der Waals surface area contributed by atoms with Gasteiger partial charge in [-0.25, -0.2) is 4.98 Å². The molecule has 3 rings (SSSR count). The molecule has 0 unspecified atom stereocenters. The van der Waals surface area contributed by atoms with Crippen LogP contribution >= 0.6 is 0 Å². The molecule has 19 heavy (non-hydrogen) atoms. The van der Waals surface area contributed by atoms with Crippen molar-refractivity contribution in [1.29, 1.82) is 0 Å². The molecule has 0 atom stereocenters. The number of benzene rings is 1. The predicted octanol–water partition coefficient (Wildman–Crippen LogP) is 3.01. The average molecular weight is 252 g/mol. The van der Waals surface area contributed by atoms with Crippen LogP contribution in [0.25, 0.3) is 21.9 Å². The van der Waals surface area contributed by atoms with Crippen LogP contribution in [-0.2, 0) is 0 Å². The fraction of sp³-hybridized carbons (Fsp3) is 0.0667. The Labute approximate surface area is 110 Å². The molecule has 94 valence electrons. The smallest absolute Gasteiger partial charge is 0.221 e. The number of phenolic OH excluding ortho intramolecular Hbond substituents is 1. The molecule has 0 radical (unpaired) electrons. The quantitative estimate of drug-likeness (QED) is 0.761. The molecule has 0 bridgehead atoms. The monoisotopic (exact) mass is 252 g/mol. The van der Waals surface area contributed by atoms with Crippen molar-refractivity contribution in [2.45, 2.75) is 0 Å². The molecule has 0 fully saturated rings. The van der Waals surface area contributed by atoms with E-state index >= 15 is 0 Å². The summed E-state index contributed by atoms with van der Waals surface area (Å²) in [5.41, 5.74) is 1.74. The maximum absolute atomic E-state index is 10.1. The van der Waals surface area contributed by atoms with Gasteiger partial charge in [-0.3, -0.25) is 4.98 Å². The van der Waals surface area contributed by atoms with E-state index < -0.39 is 0 Å². The Morgan fingerprint density at radius 1 is 1.11 bits per heavy atom. The highest BCUT2D eigenvalue weighted by Crippen LogP contribution is 2.37. The molecular weight excluding hydrogens is 240 g/mol. The lowest BCUT2D eigenvalue weighted by atomic mass is 10.0. The Bertz CT molecular complexity index is 727. The third-order valence-electron chi connectivity index (χ3n) is 3.02. The number of phenols is 1. The van der Waals surface area contributed by atoms with Crippen LogP contribution in [-0.4, -0.2) is 22.2 Å². The first-order valence-electron chi connectivity index (χ1n) is 5.86. The number of ether oxygens (including phenoxy) is 1. The second-order valence-corrected chi connectivity index (χ2v) is 4.12. The fourth-order valence-electron chi connectivity index (χ4n) is 2.16. The molecule has 1 aromatic carbocycles. The normalized spacial score (nSPS) is 10.6. The van der Waals surface area contributed by atoms with E-state index in [2.05, 4.69) is 9.97 Å². The van der Waals surface area contributed by atoms with Crippen LogP contribution < -0.4 is 4.74 Å². The Hall–Kier alpha value is -2.62. The molecule has 0 aliphatic heterocycles. The summed E-state index contributed by atoms with van der Waals surface area (Å²) in [6.07, 6.45) is 5.15. The van der Waals surface area contributed by atoms with Crippen molar-refractivity contribution in [2.75, 3.05) is 7.11 Å². The largest absolute Gasteiger partial charge is 0.507 e. The summed E-state index contributed by atoms with van der Waals surface area (Å²) in [6, 6.07) is 9.09. The average Bonchev–Trinajstić information content (AvgIpc) is 2.47. The lowest BCUT2D eigenvalue weighted by Crippen LogP contribution is -1.92. The number of nitrogens with zero attached hydrogens (tertiary/aromatic N) is 2. The van der Waals surface area contributed by atoms with Crippen molar-refractivity contribution >= 4 is 10.8 Å². The SMILES string of the molecule is COc1ncc(-c2cccnc2)c2c(O)cccc12. The van der Waals surface area contributed by atoms with Crippen molar-refractivity contribution in [1.82, 2.24) is 9.97 Å². The number of hydrogen-bond acceptors (Lipinski definition) is 4. The van der Waals surface area contributed by atoms with Gasteiger partial charge < -0.3 is 9.84 Å². The molecule has 0 aliphatic carbocycles. The van der Waals surface area contributed by atoms with Crippen LogP contribution in [0.3, 0.4) is 0 Å². The highest BCUT2D eigenvalue weighted by molar-refractivity contribution is 6.02. The van der Waals surface area contributed by atoms with Crippen LogP contribution in [0.5, 0.6) is 11.6 Å². The third-order valence-corrected chi connectivity index (χ3v) is 3.02. The van der Waals surface area contributed by atoms with E-state index in [1.165, 1.54) is 0 Å². The first-order valence-corrected chi connectivity index (χ1v) is 5.86. The zero-order valence-electron chi connectivity index (χ0n) is 10.4. The van der Waals surface area contributed by atoms with Crippen LogP contribution in [0.1, 0.15) is 0 Å². The molecule has 2 heterocycles. The number of rotatable bonds is 2. The van der Waals surface area contributed by atoms with Gasteiger partial charge in [0.2, 0.25) is 5.88 Å². The second-order valence-electron chi connectivity index (χ2n) is 4.12. The lowest BCUT2D eigenvalue weighted by Gasteiger charge is -2.10. The Balaban J connectivity index is 2.39. The molecule has 0 saturated carbocycles. The number of aromatic nitrogens is 2.